The first-order valence-electron chi connectivity index (χ1n) is 5.16. The number of nitro groups is 1. The van der Waals surface area contributed by atoms with Crippen LogP contribution in [-0.4, -0.2) is 41.3 Å². The summed E-state index contributed by atoms with van der Waals surface area (Å²) in [7, 11) is 1.65. The summed E-state index contributed by atoms with van der Waals surface area (Å²) in [4.78, 5) is 23.7. The van der Waals surface area contributed by atoms with Gasteiger partial charge in [0.2, 0.25) is 0 Å². The number of thioether (sulfide) groups is 1. The van der Waals surface area contributed by atoms with Gasteiger partial charge < -0.3 is 4.90 Å². The van der Waals surface area contributed by atoms with Crippen molar-refractivity contribution < 1.29 is 9.72 Å². The van der Waals surface area contributed by atoms with Gasteiger partial charge in [0.1, 0.15) is 5.02 Å². The molecule has 0 aliphatic rings. The lowest BCUT2D eigenvalue weighted by Crippen LogP contribution is -2.29. The Kier molecular flexibility index (Phi) is 5.43. The highest BCUT2D eigenvalue weighted by molar-refractivity contribution is 7.98. The Morgan fingerprint density at radius 3 is 2.78 bits per heavy atom. The largest absolute Gasteiger partial charge is 0.341 e. The van der Waals surface area contributed by atoms with Gasteiger partial charge in [0.15, 0.2) is 0 Å². The maximum Gasteiger partial charge on any atom is 0.288 e. The molecule has 0 bridgehead atoms. The fourth-order valence-electron chi connectivity index (χ4n) is 1.36. The van der Waals surface area contributed by atoms with Crippen LogP contribution >= 0.6 is 23.4 Å². The molecule has 0 saturated heterocycles. The lowest BCUT2D eigenvalue weighted by atomic mass is 10.2. The fourth-order valence-corrected chi connectivity index (χ4v) is 2.09. The quantitative estimate of drug-likeness (QED) is 0.617. The van der Waals surface area contributed by atoms with E-state index in [9.17, 15) is 14.9 Å². The number of carbonyl (C=O) groups is 1. The number of nitro benzene ring substituents is 1. The molecule has 0 spiro atoms. The molecular formula is C11H13ClN2O3S. The van der Waals surface area contributed by atoms with Crippen LogP contribution in [0.3, 0.4) is 0 Å². The van der Waals surface area contributed by atoms with E-state index in [-0.39, 0.29) is 22.2 Å². The van der Waals surface area contributed by atoms with Crippen molar-refractivity contribution in [2.45, 2.75) is 0 Å². The predicted molar refractivity (Wildman–Crippen MR) is 73.4 cm³/mol. The van der Waals surface area contributed by atoms with Gasteiger partial charge in [-0.3, -0.25) is 14.9 Å². The molecule has 98 valence electrons. The molecule has 0 N–H and O–H groups in total. The van der Waals surface area contributed by atoms with Crippen molar-refractivity contribution in [2.24, 2.45) is 0 Å². The number of hydrogen-bond donors (Lipinski definition) is 0. The molecule has 0 heterocycles. The third kappa shape index (κ3) is 3.36. The Morgan fingerprint density at radius 1 is 1.56 bits per heavy atom. The molecular weight excluding hydrogens is 276 g/mol. The Bertz CT molecular complexity index is 468. The molecule has 0 aliphatic carbocycles. The first-order valence-corrected chi connectivity index (χ1v) is 6.93. The Morgan fingerprint density at radius 2 is 2.22 bits per heavy atom. The van der Waals surface area contributed by atoms with Gasteiger partial charge >= 0.3 is 0 Å². The lowest BCUT2D eigenvalue weighted by Gasteiger charge is -2.17. The second-order valence-corrected chi connectivity index (χ2v) is 4.98. The summed E-state index contributed by atoms with van der Waals surface area (Å²) in [6.45, 7) is 0.568. The van der Waals surface area contributed by atoms with Gasteiger partial charge in [-0.05, 0) is 12.3 Å². The minimum absolute atomic E-state index is 0.108. The number of nitrogens with zero attached hydrogens (tertiary/aromatic N) is 2. The summed E-state index contributed by atoms with van der Waals surface area (Å²) in [5.74, 6) is 0.493. The van der Waals surface area contributed by atoms with Crippen LogP contribution in [0, 0.1) is 10.1 Å². The maximum absolute atomic E-state index is 12.1. The van der Waals surface area contributed by atoms with Crippen molar-refractivity contribution in [2.75, 3.05) is 25.6 Å². The molecule has 1 amide bonds. The van der Waals surface area contributed by atoms with Crippen LogP contribution in [0.4, 0.5) is 5.69 Å². The Labute approximate surface area is 114 Å². The topological polar surface area (TPSA) is 63.5 Å². The van der Waals surface area contributed by atoms with E-state index in [4.69, 9.17) is 11.6 Å². The van der Waals surface area contributed by atoms with Crippen molar-refractivity contribution in [1.29, 1.82) is 0 Å². The Hall–Kier alpha value is -1.27. The van der Waals surface area contributed by atoms with Gasteiger partial charge in [0.05, 0.1) is 10.5 Å². The van der Waals surface area contributed by atoms with E-state index in [2.05, 4.69) is 0 Å². The highest BCUT2D eigenvalue weighted by Gasteiger charge is 2.21. The zero-order chi connectivity index (χ0) is 13.7. The highest BCUT2D eigenvalue weighted by atomic mass is 35.5. The van der Waals surface area contributed by atoms with Crippen molar-refractivity contribution >= 4 is 35.0 Å². The fraction of sp³-hybridized carbons (Fsp3) is 0.364. The van der Waals surface area contributed by atoms with E-state index in [0.717, 1.165) is 5.75 Å². The first-order chi connectivity index (χ1) is 8.49. The summed E-state index contributed by atoms with van der Waals surface area (Å²) in [6, 6.07) is 4.23. The van der Waals surface area contributed by atoms with Crippen molar-refractivity contribution in [3.05, 3.63) is 38.9 Å². The van der Waals surface area contributed by atoms with Crippen LogP contribution in [0.2, 0.25) is 5.02 Å². The van der Waals surface area contributed by atoms with E-state index < -0.39 is 4.92 Å². The third-order valence-electron chi connectivity index (χ3n) is 2.38. The predicted octanol–water partition coefficient (Wildman–Crippen LogP) is 2.68. The van der Waals surface area contributed by atoms with Gasteiger partial charge in [-0.15, -0.1) is 0 Å². The van der Waals surface area contributed by atoms with E-state index >= 15 is 0 Å². The summed E-state index contributed by atoms with van der Waals surface area (Å²) in [5.41, 5.74) is -0.0877. The summed E-state index contributed by atoms with van der Waals surface area (Å²) >= 11 is 7.50. The molecule has 0 atom stereocenters. The van der Waals surface area contributed by atoms with Crippen LogP contribution in [0.1, 0.15) is 10.4 Å². The maximum atomic E-state index is 12.1. The molecule has 1 aromatic carbocycles. The van der Waals surface area contributed by atoms with Crippen LogP contribution < -0.4 is 0 Å². The number of rotatable bonds is 5. The Balaban J connectivity index is 2.99. The molecule has 7 heteroatoms. The molecule has 1 rings (SSSR count). The smallest absolute Gasteiger partial charge is 0.288 e. The molecule has 0 radical (unpaired) electrons. The molecule has 18 heavy (non-hydrogen) atoms. The monoisotopic (exact) mass is 288 g/mol. The van der Waals surface area contributed by atoms with Gasteiger partial charge in [-0.2, -0.15) is 11.8 Å². The summed E-state index contributed by atoms with van der Waals surface area (Å²) in [5, 5.41) is 10.6. The van der Waals surface area contributed by atoms with Crippen LogP contribution in [0.15, 0.2) is 18.2 Å². The molecule has 0 saturated carbocycles. The highest BCUT2D eigenvalue weighted by Crippen LogP contribution is 2.28. The zero-order valence-corrected chi connectivity index (χ0v) is 11.6. The van der Waals surface area contributed by atoms with E-state index in [1.165, 1.54) is 23.1 Å². The molecule has 0 fully saturated rings. The second-order valence-electron chi connectivity index (χ2n) is 3.62. The normalized spacial score (nSPS) is 10.2. The summed E-state index contributed by atoms with van der Waals surface area (Å²) < 4.78 is 0. The average Bonchev–Trinajstić information content (AvgIpc) is 2.35. The van der Waals surface area contributed by atoms with E-state index in [1.807, 2.05) is 6.26 Å². The number of amides is 1. The zero-order valence-electron chi connectivity index (χ0n) is 10.1. The van der Waals surface area contributed by atoms with Gasteiger partial charge in [-0.25, -0.2) is 0 Å². The minimum atomic E-state index is -0.596. The van der Waals surface area contributed by atoms with Crippen LogP contribution in [-0.2, 0) is 0 Å². The van der Waals surface area contributed by atoms with E-state index in [1.54, 1.807) is 18.8 Å². The van der Waals surface area contributed by atoms with Gasteiger partial charge in [0.25, 0.3) is 11.6 Å². The molecule has 0 aliphatic heterocycles. The van der Waals surface area contributed by atoms with Gasteiger partial charge in [0, 0.05) is 25.4 Å². The van der Waals surface area contributed by atoms with Gasteiger partial charge in [-0.1, -0.05) is 17.7 Å². The molecule has 0 aromatic heterocycles. The first kappa shape index (κ1) is 14.8. The second kappa shape index (κ2) is 6.61. The average molecular weight is 289 g/mol. The molecule has 5 nitrogen and oxygen atoms in total. The number of hydrogen-bond acceptors (Lipinski definition) is 4. The van der Waals surface area contributed by atoms with Crippen molar-refractivity contribution in [1.82, 2.24) is 4.90 Å². The van der Waals surface area contributed by atoms with E-state index in [0.29, 0.717) is 6.54 Å². The number of carbonyl (C=O) groups excluding carboxylic acids is 1. The molecule has 1 aromatic rings. The number of halogens is 1. The molecule has 0 unspecified atom stereocenters. The summed E-state index contributed by atoms with van der Waals surface area (Å²) in [6.07, 6.45) is 1.94. The van der Waals surface area contributed by atoms with Crippen molar-refractivity contribution in [3.8, 4) is 0 Å². The SMILES string of the molecule is CSCCN(C)C(=O)c1cccc([N+](=O)[O-])c1Cl. The van der Waals surface area contributed by atoms with Crippen LogP contribution in [0.25, 0.3) is 0 Å². The van der Waals surface area contributed by atoms with Crippen molar-refractivity contribution in [3.63, 3.8) is 0 Å². The minimum Gasteiger partial charge on any atom is -0.341 e. The number of benzene rings is 1. The van der Waals surface area contributed by atoms with Crippen LogP contribution in [0.5, 0.6) is 0 Å². The standard InChI is InChI=1S/C11H13ClN2O3S/c1-13(6-7-18-2)11(15)8-4-3-5-9(10(8)12)14(16)17/h3-5H,6-7H2,1-2H3. The third-order valence-corrected chi connectivity index (χ3v) is 3.37. The lowest BCUT2D eigenvalue weighted by molar-refractivity contribution is -0.384.